The first kappa shape index (κ1) is 11.0. The first-order chi connectivity index (χ1) is 7.69. The second-order valence-corrected chi connectivity index (χ2v) is 4.15. The first-order valence-corrected chi connectivity index (χ1v) is 5.39. The van der Waals surface area contributed by atoms with Crippen LogP contribution >= 0.6 is 0 Å². The van der Waals surface area contributed by atoms with Crippen LogP contribution in [-0.4, -0.2) is 19.1 Å². The van der Waals surface area contributed by atoms with E-state index in [-0.39, 0.29) is 17.9 Å². The van der Waals surface area contributed by atoms with Gasteiger partial charge in [0.05, 0.1) is 7.11 Å². The number of methoxy groups -OCH3 is 1. The summed E-state index contributed by atoms with van der Waals surface area (Å²) in [6.45, 7) is 0. The third-order valence-electron chi connectivity index (χ3n) is 2.90. The van der Waals surface area contributed by atoms with Gasteiger partial charge >= 0.3 is 0 Å². The van der Waals surface area contributed by atoms with Crippen molar-refractivity contribution >= 4 is 11.6 Å². The maximum absolute atomic E-state index is 11.7. The number of carbonyl (C=O) groups is 1. The minimum atomic E-state index is 0.0619. The van der Waals surface area contributed by atoms with Crippen molar-refractivity contribution in [2.24, 2.45) is 11.7 Å². The molecule has 0 saturated heterocycles. The van der Waals surface area contributed by atoms with Gasteiger partial charge in [0.15, 0.2) is 0 Å². The third kappa shape index (κ3) is 2.33. The van der Waals surface area contributed by atoms with Crippen molar-refractivity contribution in [3.63, 3.8) is 0 Å². The van der Waals surface area contributed by atoms with Crippen molar-refractivity contribution in [2.75, 3.05) is 12.4 Å². The van der Waals surface area contributed by atoms with Gasteiger partial charge in [-0.2, -0.15) is 0 Å². The molecule has 0 heterocycles. The molecule has 1 aromatic rings. The molecule has 1 aliphatic rings. The van der Waals surface area contributed by atoms with E-state index in [1.165, 1.54) is 0 Å². The molecule has 0 radical (unpaired) electrons. The molecular formula is C12H16N2O2. The molecule has 0 aliphatic heterocycles. The summed E-state index contributed by atoms with van der Waals surface area (Å²) in [6, 6.07) is 7.50. The predicted molar refractivity (Wildman–Crippen MR) is 62.3 cm³/mol. The normalized spacial score (nSPS) is 23.4. The van der Waals surface area contributed by atoms with Gasteiger partial charge in [-0.1, -0.05) is 0 Å². The molecule has 16 heavy (non-hydrogen) atoms. The zero-order valence-corrected chi connectivity index (χ0v) is 9.27. The Morgan fingerprint density at radius 3 is 2.50 bits per heavy atom. The molecule has 1 saturated carbocycles. The molecule has 1 aliphatic carbocycles. The van der Waals surface area contributed by atoms with Gasteiger partial charge in [-0.25, -0.2) is 0 Å². The van der Waals surface area contributed by atoms with E-state index in [0.29, 0.717) is 0 Å². The second-order valence-electron chi connectivity index (χ2n) is 4.15. The van der Waals surface area contributed by atoms with E-state index in [1.807, 2.05) is 24.3 Å². The van der Waals surface area contributed by atoms with Gasteiger partial charge in [-0.05, 0) is 37.1 Å². The second kappa shape index (κ2) is 4.53. The fourth-order valence-corrected chi connectivity index (χ4v) is 1.79. The lowest BCUT2D eigenvalue weighted by Crippen LogP contribution is -2.42. The Hall–Kier alpha value is -1.55. The largest absolute Gasteiger partial charge is 0.497 e. The first-order valence-electron chi connectivity index (χ1n) is 5.39. The van der Waals surface area contributed by atoms with E-state index in [1.54, 1.807) is 7.11 Å². The Morgan fingerprint density at radius 1 is 1.38 bits per heavy atom. The Labute approximate surface area is 94.8 Å². The lowest BCUT2D eigenvalue weighted by molar-refractivity contribution is -0.122. The van der Waals surface area contributed by atoms with E-state index in [2.05, 4.69) is 5.32 Å². The van der Waals surface area contributed by atoms with Gasteiger partial charge in [-0.15, -0.1) is 0 Å². The van der Waals surface area contributed by atoms with Crippen molar-refractivity contribution in [1.29, 1.82) is 0 Å². The summed E-state index contributed by atoms with van der Waals surface area (Å²) in [5.74, 6) is 0.924. The average Bonchev–Trinajstić information content (AvgIpc) is 2.26. The highest BCUT2D eigenvalue weighted by atomic mass is 16.5. The molecule has 2 rings (SSSR count). The van der Waals surface area contributed by atoms with Gasteiger partial charge in [-0.3, -0.25) is 4.79 Å². The maximum atomic E-state index is 11.7. The molecule has 0 unspecified atom stereocenters. The Bertz CT molecular complexity index is 369. The van der Waals surface area contributed by atoms with Crippen LogP contribution in [0.15, 0.2) is 24.3 Å². The van der Waals surface area contributed by atoms with Crippen LogP contribution < -0.4 is 15.8 Å². The zero-order chi connectivity index (χ0) is 11.5. The van der Waals surface area contributed by atoms with Gasteiger partial charge in [0.2, 0.25) is 5.91 Å². The minimum absolute atomic E-state index is 0.0619. The summed E-state index contributed by atoms with van der Waals surface area (Å²) in [7, 11) is 1.61. The molecular weight excluding hydrogens is 204 g/mol. The number of nitrogens with two attached hydrogens (primary N) is 1. The van der Waals surface area contributed by atoms with Gasteiger partial charge < -0.3 is 15.8 Å². The van der Waals surface area contributed by atoms with Gasteiger partial charge in [0.1, 0.15) is 5.75 Å². The molecule has 0 bridgehead atoms. The van der Waals surface area contributed by atoms with Crippen molar-refractivity contribution in [3.05, 3.63) is 24.3 Å². The summed E-state index contributed by atoms with van der Waals surface area (Å²) >= 11 is 0. The fourth-order valence-electron chi connectivity index (χ4n) is 1.79. The molecule has 3 N–H and O–H groups in total. The van der Waals surface area contributed by atoms with Crippen molar-refractivity contribution < 1.29 is 9.53 Å². The Morgan fingerprint density at radius 2 is 2.00 bits per heavy atom. The van der Waals surface area contributed by atoms with E-state index in [9.17, 15) is 4.79 Å². The fraction of sp³-hybridized carbons (Fsp3) is 0.417. The third-order valence-corrected chi connectivity index (χ3v) is 2.90. The molecule has 4 heteroatoms. The number of hydrogen-bond donors (Lipinski definition) is 2. The van der Waals surface area contributed by atoms with Crippen LogP contribution in [-0.2, 0) is 4.79 Å². The summed E-state index contributed by atoms with van der Waals surface area (Å²) in [5, 5.41) is 2.87. The molecule has 1 amide bonds. The summed E-state index contributed by atoms with van der Waals surface area (Å²) in [6.07, 6.45) is 1.59. The number of amides is 1. The standard InChI is InChI=1S/C12H16N2O2/c1-16-11-4-2-10(3-5-11)14-12(15)8-6-9(13)7-8/h2-5,8-9H,6-7,13H2,1H3,(H,14,15). The molecule has 1 fully saturated rings. The van der Waals surface area contributed by atoms with Crippen molar-refractivity contribution in [3.8, 4) is 5.75 Å². The minimum Gasteiger partial charge on any atom is -0.497 e. The maximum Gasteiger partial charge on any atom is 0.227 e. The van der Waals surface area contributed by atoms with Crippen LogP contribution in [0.25, 0.3) is 0 Å². The van der Waals surface area contributed by atoms with E-state index in [0.717, 1.165) is 24.3 Å². The zero-order valence-electron chi connectivity index (χ0n) is 9.27. The molecule has 0 spiro atoms. The number of rotatable bonds is 3. The number of hydrogen-bond acceptors (Lipinski definition) is 3. The average molecular weight is 220 g/mol. The van der Waals surface area contributed by atoms with E-state index in [4.69, 9.17) is 10.5 Å². The van der Waals surface area contributed by atoms with E-state index < -0.39 is 0 Å². The highest BCUT2D eigenvalue weighted by molar-refractivity contribution is 5.93. The Kier molecular flexibility index (Phi) is 3.10. The smallest absolute Gasteiger partial charge is 0.227 e. The van der Waals surface area contributed by atoms with Crippen molar-refractivity contribution in [1.82, 2.24) is 0 Å². The molecule has 1 aromatic carbocycles. The number of anilines is 1. The lowest BCUT2D eigenvalue weighted by atomic mass is 9.80. The highest BCUT2D eigenvalue weighted by Gasteiger charge is 2.31. The number of benzene rings is 1. The van der Waals surface area contributed by atoms with Crippen LogP contribution in [0.3, 0.4) is 0 Å². The lowest BCUT2D eigenvalue weighted by Gasteiger charge is -2.31. The molecule has 0 atom stereocenters. The van der Waals surface area contributed by atoms with Crippen molar-refractivity contribution in [2.45, 2.75) is 18.9 Å². The number of carbonyl (C=O) groups excluding carboxylic acids is 1. The van der Waals surface area contributed by atoms with Gasteiger partial charge in [0, 0.05) is 17.6 Å². The van der Waals surface area contributed by atoms with Gasteiger partial charge in [0.25, 0.3) is 0 Å². The quantitative estimate of drug-likeness (QED) is 0.808. The summed E-state index contributed by atoms with van der Waals surface area (Å²) < 4.78 is 5.04. The Balaban J connectivity index is 1.90. The predicted octanol–water partition coefficient (Wildman–Crippen LogP) is 1.37. The SMILES string of the molecule is COc1ccc(NC(=O)C2CC(N)C2)cc1. The summed E-state index contributed by atoms with van der Waals surface area (Å²) in [5.41, 5.74) is 6.44. The molecule has 4 nitrogen and oxygen atoms in total. The van der Waals surface area contributed by atoms with Crippen LogP contribution in [0.1, 0.15) is 12.8 Å². The molecule has 0 aromatic heterocycles. The summed E-state index contributed by atoms with van der Waals surface area (Å²) in [4.78, 5) is 11.7. The number of ether oxygens (including phenoxy) is 1. The van der Waals surface area contributed by atoms with Crippen LogP contribution in [0.2, 0.25) is 0 Å². The monoisotopic (exact) mass is 220 g/mol. The molecule has 86 valence electrons. The highest BCUT2D eigenvalue weighted by Crippen LogP contribution is 2.27. The number of nitrogens with one attached hydrogen (secondary N) is 1. The topological polar surface area (TPSA) is 64.3 Å². The van der Waals surface area contributed by atoms with Crippen LogP contribution in [0, 0.1) is 5.92 Å². The van der Waals surface area contributed by atoms with Crippen LogP contribution in [0.4, 0.5) is 5.69 Å². The van der Waals surface area contributed by atoms with Crippen LogP contribution in [0.5, 0.6) is 5.75 Å². The van der Waals surface area contributed by atoms with E-state index >= 15 is 0 Å².